The molecule has 3 atom stereocenters. The molecular weight excluding hydrogens is 527 g/mol. The van der Waals surface area contributed by atoms with Crippen LogP contribution in [0.25, 0.3) is 0 Å². The third-order valence-corrected chi connectivity index (χ3v) is 8.72. The van der Waals surface area contributed by atoms with E-state index in [4.69, 9.17) is 21.3 Å². The van der Waals surface area contributed by atoms with Crippen molar-refractivity contribution in [2.45, 2.75) is 51.8 Å². The first-order valence-electron chi connectivity index (χ1n) is 14.2. The van der Waals surface area contributed by atoms with Crippen molar-refractivity contribution in [3.8, 4) is 5.75 Å². The molecule has 2 fully saturated rings. The minimum atomic E-state index is -0.723. The van der Waals surface area contributed by atoms with Gasteiger partial charge in [0.1, 0.15) is 12.4 Å². The lowest BCUT2D eigenvalue weighted by molar-refractivity contribution is -0.139. The number of carbonyl (C=O) groups excluding carboxylic acids is 1. The molecule has 0 bridgehead atoms. The molecule has 210 valence electrons. The molecule has 3 aromatic rings. The van der Waals surface area contributed by atoms with Gasteiger partial charge in [0.05, 0.1) is 29.8 Å². The highest BCUT2D eigenvalue weighted by atomic mass is 35.5. The van der Waals surface area contributed by atoms with Crippen molar-refractivity contribution in [3.63, 3.8) is 0 Å². The van der Waals surface area contributed by atoms with E-state index < -0.39 is 13.1 Å². The van der Waals surface area contributed by atoms with E-state index in [1.165, 1.54) is 0 Å². The number of hydrogen-bond acceptors (Lipinski definition) is 7. The Labute approximate surface area is 240 Å². The van der Waals surface area contributed by atoms with Crippen LogP contribution in [-0.4, -0.2) is 85.9 Å². The van der Waals surface area contributed by atoms with Crippen molar-refractivity contribution < 1.29 is 14.6 Å². The van der Waals surface area contributed by atoms with Crippen molar-refractivity contribution in [2.24, 2.45) is 5.92 Å². The summed E-state index contributed by atoms with van der Waals surface area (Å²) < 4.78 is 8.31. The van der Waals surface area contributed by atoms with Gasteiger partial charge in [-0.05, 0) is 50.7 Å². The number of hydrogen-bond donors (Lipinski definition) is 1. The molecule has 5 heterocycles. The van der Waals surface area contributed by atoms with Crippen LogP contribution in [0.4, 0.5) is 0 Å². The average Bonchev–Trinajstić information content (AvgIpc) is 3.29. The van der Waals surface area contributed by atoms with Crippen LogP contribution in [0.2, 0.25) is 11.8 Å². The van der Waals surface area contributed by atoms with E-state index >= 15 is 0 Å². The maximum atomic E-state index is 14.2. The van der Waals surface area contributed by atoms with Gasteiger partial charge in [-0.2, -0.15) is 0 Å². The van der Waals surface area contributed by atoms with E-state index in [1.54, 1.807) is 6.82 Å². The lowest BCUT2D eigenvalue weighted by Crippen LogP contribution is -2.64. The van der Waals surface area contributed by atoms with Gasteiger partial charge >= 0.3 is 7.05 Å². The monoisotopic (exact) mass is 562 g/mol. The molecule has 0 aliphatic carbocycles. The fourth-order valence-electron chi connectivity index (χ4n) is 6.57. The predicted molar refractivity (Wildman–Crippen MR) is 154 cm³/mol. The Balaban J connectivity index is 1.27. The number of amides is 1. The molecule has 2 aromatic heterocycles. The second-order valence-electron chi connectivity index (χ2n) is 11.3. The minimum absolute atomic E-state index is 0.0829. The van der Waals surface area contributed by atoms with Crippen molar-refractivity contribution in [3.05, 3.63) is 76.6 Å². The molecule has 1 unspecified atom stereocenters. The van der Waals surface area contributed by atoms with Gasteiger partial charge in [0, 0.05) is 67.8 Å². The van der Waals surface area contributed by atoms with E-state index in [0.717, 1.165) is 54.2 Å². The molecule has 1 N–H and O–H groups in total. The molecule has 9 nitrogen and oxygen atoms in total. The third kappa shape index (κ3) is 5.50. The van der Waals surface area contributed by atoms with Gasteiger partial charge in [-0.1, -0.05) is 23.7 Å². The summed E-state index contributed by atoms with van der Waals surface area (Å²) in [5, 5.41) is 11.3. The third-order valence-electron chi connectivity index (χ3n) is 8.48. The summed E-state index contributed by atoms with van der Waals surface area (Å²) in [5.74, 6) is 1.20. The average molecular weight is 563 g/mol. The normalized spacial score (nSPS) is 23.6. The van der Waals surface area contributed by atoms with Crippen LogP contribution in [0, 0.1) is 12.8 Å². The molecule has 0 radical (unpaired) electrons. The molecule has 3 aliphatic heterocycles. The first kappa shape index (κ1) is 27.3. The molecule has 0 spiro atoms. The number of piperazine rings is 1. The standard InChI is InChI=1S/C29H36BClN6O3/c1-20-14-34(19-33-20)15-21-5-4-10-36(16-21)29(38)25-17-35(11-12-37(25)30(2)39)28-24-8-7-23(31)13-26(24)40-18-22-6-3-9-32-27(22)28/h3,6-9,13-14,19,21,25,28,39H,4-5,10-12,15-18H2,1-2H3/t21-,25?,28+/m0/s1. The van der Waals surface area contributed by atoms with Crippen LogP contribution in [0.5, 0.6) is 5.75 Å². The summed E-state index contributed by atoms with van der Waals surface area (Å²) in [6, 6.07) is 9.09. The first-order chi connectivity index (χ1) is 19.4. The lowest BCUT2D eigenvalue weighted by atomic mass is 9.81. The van der Waals surface area contributed by atoms with Crippen molar-refractivity contribution >= 4 is 24.6 Å². The highest BCUT2D eigenvalue weighted by Gasteiger charge is 2.42. The van der Waals surface area contributed by atoms with Gasteiger partial charge in [-0.25, -0.2) is 4.98 Å². The van der Waals surface area contributed by atoms with Crippen LogP contribution in [0.15, 0.2) is 49.1 Å². The zero-order valence-corrected chi connectivity index (χ0v) is 23.9. The van der Waals surface area contributed by atoms with Gasteiger partial charge in [0.2, 0.25) is 5.91 Å². The fraction of sp³-hybridized carbons (Fsp3) is 0.483. The Hall–Kier alpha value is -2.92. The van der Waals surface area contributed by atoms with Gasteiger partial charge < -0.3 is 24.0 Å². The molecule has 11 heteroatoms. The summed E-state index contributed by atoms with van der Waals surface area (Å²) >= 11 is 6.34. The highest BCUT2D eigenvalue weighted by Crippen LogP contribution is 2.40. The second kappa shape index (κ2) is 11.5. The van der Waals surface area contributed by atoms with Crippen LogP contribution >= 0.6 is 11.6 Å². The molecule has 1 amide bonds. The summed E-state index contributed by atoms with van der Waals surface area (Å²) in [6.45, 7) is 8.20. The predicted octanol–water partition coefficient (Wildman–Crippen LogP) is 3.26. The Kier molecular flexibility index (Phi) is 7.85. The number of pyridine rings is 1. The summed E-state index contributed by atoms with van der Waals surface area (Å²) in [4.78, 5) is 29.6. The van der Waals surface area contributed by atoms with E-state index in [-0.39, 0.29) is 11.9 Å². The second-order valence-corrected chi connectivity index (χ2v) is 11.7. The number of fused-ring (bicyclic) bond motifs is 2. The van der Waals surface area contributed by atoms with Crippen LogP contribution in [-0.2, 0) is 17.9 Å². The number of aryl methyl sites for hydroxylation is 1. The van der Waals surface area contributed by atoms with E-state index in [0.29, 0.717) is 43.7 Å². The smallest absolute Gasteiger partial charge is 0.377 e. The number of imidazole rings is 1. The molecule has 0 saturated carbocycles. The maximum absolute atomic E-state index is 14.2. The van der Waals surface area contributed by atoms with Crippen molar-refractivity contribution in [1.29, 1.82) is 0 Å². The molecule has 3 aliphatic rings. The van der Waals surface area contributed by atoms with Crippen LogP contribution in [0.3, 0.4) is 0 Å². The number of piperidine rings is 1. The molecule has 1 aromatic carbocycles. The van der Waals surface area contributed by atoms with Gasteiger partial charge in [-0.3, -0.25) is 14.7 Å². The fourth-order valence-corrected chi connectivity index (χ4v) is 6.73. The van der Waals surface area contributed by atoms with Crippen molar-refractivity contribution in [2.75, 3.05) is 32.7 Å². The number of nitrogens with zero attached hydrogens (tertiary/aromatic N) is 6. The van der Waals surface area contributed by atoms with E-state index in [9.17, 15) is 9.82 Å². The number of ether oxygens (including phenoxy) is 1. The Morgan fingerprint density at radius 3 is 2.88 bits per heavy atom. The number of carbonyl (C=O) groups is 1. The molecule has 40 heavy (non-hydrogen) atoms. The van der Waals surface area contributed by atoms with Gasteiger partial charge in [0.15, 0.2) is 0 Å². The minimum Gasteiger partial charge on any atom is -0.488 e. The Morgan fingerprint density at radius 2 is 2.08 bits per heavy atom. The first-order valence-corrected chi connectivity index (χ1v) is 14.6. The highest BCUT2D eigenvalue weighted by molar-refractivity contribution is 6.45. The summed E-state index contributed by atoms with van der Waals surface area (Å²) in [6.07, 6.45) is 7.80. The molecule has 6 rings (SSSR count). The SMILES string of the molecule is CB(O)N1CCN([C@@H]2c3ccc(Cl)cc3OCc3cccnc32)CC1C(=O)N1CCC[C@@H](Cn2cnc(C)c2)C1. The van der Waals surface area contributed by atoms with Crippen LogP contribution in [0.1, 0.15) is 41.4 Å². The van der Waals surface area contributed by atoms with Gasteiger partial charge in [-0.15, -0.1) is 0 Å². The Morgan fingerprint density at radius 1 is 1.20 bits per heavy atom. The largest absolute Gasteiger partial charge is 0.488 e. The number of aromatic nitrogens is 3. The van der Waals surface area contributed by atoms with Gasteiger partial charge in [0.25, 0.3) is 0 Å². The topological polar surface area (TPSA) is 87.0 Å². The number of benzene rings is 1. The summed E-state index contributed by atoms with van der Waals surface area (Å²) in [5.41, 5.74) is 3.96. The number of halogens is 1. The van der Waals surface area contributed by atoms with E-state index in [1.807, 2.05) is 59.5 Å². The number of rotatable bonds is 5. The quantitative estimate of drug-likeness (QED) is 0.478. The maximum Gasteiger partial charge on any atom is 0.377 e. The zero-order valence-electron chi connectivity index (χ0n) is 23.1. The number of likely N-dealkylation sites (tertiary alicyclic amines) is 1. The lowest BCUT2D eigenvalue weighted by Gasteiger charge is -2.46. The van der Waals surface area contributed by atoms with Crippen LogP contribution < -0.4 is 4.74 Å². The van der Waals surface area contributed by atoms with E-state index in [2.05, 4.69) is 20.6 Å². The Bertz CT molecular complexity index is 1370. The molecular formula is C29H36BClN6O3. The summed E-state index contributed by atoms with van der Waals surface area (Å²) in [7, 11) is -0.723. The van der Waals surface area contributed by atoms with Crippen molar-refractivity contribution in [1.82, 2.24) is 29.1 Å². The zero-order chi connectivity index (χ0) is 27.8. The molecule has 2 saturated heterocycles.